The van der Waals surface area contributed by atoms with E-state index in [1.807, 2.05) is 25.1 Å². The highest BCUT2D eigenvalue weighted by atomic mass is 16.5. The van der Waals surface area contributed by atoms with Crippen LogP contribution in [0.1, 0.15) is 35.8 Å². The van der Waals surface area contributed by atoms with Gasteiger partial charge in [-0.3, -0.25) is 9.48 Å². The summed E-state index contributed by atoms with van der Waals surface area (Å²) in [6.07, 6.45) is 2.13. The third-order valence-electron chi connectivity index (χ3n) is 3.13. The minimum Gasteiger partial charge on any atom is -0.494 e. The number of aryl methyl sites for hydroxylation is 2. The van der Waals surface area contributed by atoms with Gasteiger partial charge in [0, 0.05) is 18.7 Å². The van der Waals surface area contributed by atoms with Gasteiger partial charge in [0.2, 0.25) is 0 Å². The second-order valence-electron chi connectivity index (χ2n) is 4.98. The molecule has 0 saturated heterocycles. The van der Waals surface area contributed by atoms with Crippen LogP contribution in [-0.4, -0.2) is 22.3 Å². The summed E-state index contributed by atoms with van der Waals surface area (Å²) in [7, 11) is 1.80. The van der Waals surface area contributed by atoms with Gasteiger partial charge in [0.15, 0.2) is 0 Å². The largest absolute Gasteiger partial charge is 0.494 e. The summed E-state index contributed by atoms with van der Waals surface area (Å²) in [6, 6.07) is 9.00. The van der Waals surface area contributed by atoms with E-state index >= 15 is 0 Å². The molecule has 1 heterocycles. The Morgan fingerprint density at radius 1 is 1.33 bits per heavy atom. The van der Waals surface area contributed by atoms with Crippen molar-refractivity contribution in [1.29, 1.82) is 0 Å². The highest BCUT2D eigenvalue weighted by Gasteiger charge is 2.09. The minimum atomic E-state index is -0.155. The van der Waals surface area contributed by atoms with Crippen LogP contribution in [0.2, 0.25) is 0 Å². The van der Waals surface area contributed by atoms with E-state index in [1.54, 1.807) is 23.9 Å². The number of nitrogens with zero attached hydrogens (tertiary/aromatic N) is 2. The van der Waals surface area contributed by atoms with Gasteiger partial charge in [-0.2, -0.15) is 5.10 Å². The molecule has 0 spiro atoms. The van der Waals surface area contributed by atoms with Crippen molar-refractivity contribution in [3.05, 3.63) is 41.6 Å². The van der Waals surface area contributed by atoms with Gasteiger partial charge < -0.3 is 10.1 Å². The molecule has 112 valence electrons. The van der Waals surface area contributed by atoms with Gasteiger partial charge in [0.1, 0.15) is 11.6 Å². The second kappa shape index (κ2) is 6.92. The average molecular weight is 287 g/mol. The molecule has 1 amide bonds. The SMILES string of the molecule is CCCCOc1ccc(C(=O)Nc2cc(C)nn2C)cc1. The molecular weight excluding hydrogens is 266 g/mol. The van der Waals surface area contributed by atoms with Crippen LogP contribution >= 0.6 is 0 Å². The summed E-state index contributed by atoms with van der Waals surface area (Å²) >= 11 is 0. The Balaban J connectivity index is 1.98. The first-order valence-electron chi connectivity index (χ1n) is 7.15. The van der Waals surface area contributed by atoms with Crippen LogP contribution < -0.4 is 10.1 Å². The molecule has 5 nitrogen and oxygen atoms in total. The lowest BCUT2D eigenvalue weighted by molar-refractivity contribution is 0.102. The van der Waals surface area contributed by atoms with Crippen molar-refractivity contribution in [2.75, 3.05) is 11.9 Å². The molecule has 2 aromatic rings. The fourth-order valence-electron chi connectivity index (χ4n) is 1.95. The fourth-order valence-corrected chi connectivity index (χ4v) is 1.95. The third-order valence-corrected chi connectivity index (χ3v) is 3.13. The maximum atomic E-state index is 12.2. The van der Waals surface area contributed by atoms with Crippen LogP contribution in [0, 0.1) is 6.92 Å². The minimum absolute atomic E-state index is 0.155. The highest BCUT2D eigenvalue weighted by Crippen LogP contribution is 2.15. The van der Waals surface area contributed by atoms with Crippen LogP contribution in [0.3, 0.4) is 0 Å². The number of hydrogen-bond acceptors (Lipinski definition) is 3. The first-order chi connectivity index (χ1) is 10.1. The van der Waals surface area contributed by atoms with Crippen molar-refractivity contribution in [2.45, 2.75) is 26.7 Å². The number of aromatic nitrogens is 2. The molecule has 2 rings (SSSR count). The standard InChI is InChI=1S/C16H21N3O2/c1-4-5-10-21-14-8-6-13(7-9-14)16(20)17-15-11-12(2)18-19(15)3/h6-9,11H,4-5,10H2,1-3H3,(H,17,20). The molecule has 0 aliphatic heterocycles. The maximum absolute atomic E-state index is 12.2. The van der Waals surface area contributed by atoms with Gasteiger partial charge in [-0.25, -0.2) is 0 Å². The Morgan fingerprint density at radius 3 is 2.62 bits per heavy atom. The Morgan fingerprint density at radius 2 is 2.05 bits per heavy atom. The lowest BCUT2D eigenvalue weighted by Crippen LogP contribution is -2.14. The summed E-state index contributed by atoms with van der Waals surface area (Å²) in [4.78, 5) is 12.2. The summed E-state index contributed by atoms with van der Waals surface area (Å²) in [5, 5.41) is 7.04. The van der Waals surface area contributed by atoms with Crippen molar-refractivity contribution in [3.8, 4) is 5.75 Å². The Hall–Kier alpha value is -2.30. The Kier molecular flexibility index (Phi) is 4.98. The predicted octanol–water partition coefficient (Wildman–Crippen LogP) is 3.16. The quantitative estimate of drug-likeness (QED) is 0.830. The molecule has 0 saturated carbocycles. The fraction of sp³-hybridized carbons (Fsp3) is 0.375. The van der Waals surface area contributed by atoms with E-state index in [2.05, 4.69) is 17.3 Å². The van der Waals surface area contributed by atoms with Gasteiger partial charge in [0.25, 0.3) is 5.91 Å². The van der Waals surface area contributed by atoms with E-state index < -0.39 is 0 Å². The number of nitrogens with one attached hydrogen (secondary N) is 1. The Bertz CT molecular complexity index is 602. The molecule has 5 heteroatoms. The number of carbonyl (C=O) groups is 1. The lowest BCUT2D eigenvalue weighted by Gasteiger charge is -2.07. The molecule has 0 aliphatic carbocycles. The van der Waals surface area contributed by atoms with Crippen LogP contribution in [0.15, 0.2) is 30.3 Å². The first kappa shape index (κ1) is 15.1. The van der Waals surface area contributed by atoms with Crippen LogP contribution in [-0.2, 0) is 7.05 Å². The zero-order chi connectivity index (χ0) is 15.2. The van der Waals surface area contributed by atoms with Gasteiger partial charge in [0.05, 0.1) is 12.3 Å². The summed E-state index contributed by atoms with van der Waals surface area (Å²) in [5.74, 6) is 1.32. The zero-order valence-corrected chi connectivity index (χ0v) is 12.7. The first-order valence-corrected chi connectivity index (χ1v) is 7.15. The normalized spacial score (nSPS) is 10.4. The van der Waals surface area contributed by atoms with E-state index in [9.17, 15) is 4.79 Å². The summed E-state index contributed by atoms with van der Waals surface area (Å²) in [6.45, 7) is 4.71. The zero-order valence-electron chi connectivity index (χ0n) is 12.7. The predicted molar refractivity (Wildman–Crippen MR) is 82.7 cm³/mol. The Labute approximate surface area is 124 Å². The maximum Gasteiger partial charge on any atom is 0.256 e. The summed E-state index contributed by atoms with van der Waals surface area (Å²) < 4.78 is 7.22. The number of amides is 1. The third kappa shape index (κ3) is 4.08. The van der Waals surface area contributed by atoms with E-state index in [0.29, 0.717) is 18.0 Å². The molecule has 1 N–H and O–H groups in total. The van der Waals surface area contributed by atoms with Crippen molar-refractivity contribution in [3.63, 3.8) is 0 Å². The van der Waals surface area contributed by atoms with E-state index in [-0.39, 0.29) is 5.91 Å². The van der Waals surface area contributed by atoms with Gasteiger partial charge in [-0.15, -0.1) is 0 Å². The number of anilines is 1. The van der Waals surface area contributed by atoms with Crippen molar-refractivity contribution in [2.24, 2.45) is 7.05 Å². The second-order valence-corrected chi connectivity index (χ2v) is 4.98. The molecule has 0 bridgehead atoms. The van der Waals surface area contributed by atoms with Crippen LogP contribution in [0.25, 0.3) is 0 Å². The average Bonchev–Trinajstić information content (AvgIpc) is 2.78. The topological polar surface area (TPSA) is 56.1 Å². The monoisotopic (exact) mass is 287 g/mol. The highest BCUT2D eigenvalue weighted by molar-refractivity contribution is 6.03. The van der Waals surface area contributed by atoms with Gasteiger partial charge >= 0.3 is 0 Å². The molecule has 0 aliphatic rings. The van der Waals surface area contributed by atoms with E-state index in [4.69, 9.17) is 4.74 Å². The summed E-state index contributed by atoms with van der Waals surface area (Å²) in [5.41, 5.74) is 1.46. The molecule has 21 heavy (non-hydrogen) atoms. The van der Waals surface area contributed by atoms with Crippen LogP contribution in [0.5, 0.6) is 5.75 Å². The number of benzene rings is 1. The molecule has 0 radical (unpaired) electrons. The number of carbonyl (C=O) groups excluding carboxylic acids is 1. The van der Waals surface area contributed by atoms with Crippen molar-refractivity contribution in [1.82, 2.24) is 9.78 Å². The van der Waals surface area contributed by atoms with Gasteiger partial charge in [-0.1, -0.05) is 13.3 Å². The number of rotatable bonds is 6. The lowest BCUT2D eigenvalue weighted by atomic mass is 10.2. The van der Waals surface area contributed by atoms with Gasteiger partial charge in [-0.05, 0) is 37.6 Å². The smallest absolute Gasteiger partial charge is 0.256 e. The van der Waals surface area contributed by atoms with E-state index in [0.717, 1.165) is 24.3 Å². The van der Waals surface area contributed by atoms with E-state index in [1.165, 1.54) is 0 Å². The van der Waals surface area contributed by atoms with Crippen molar-refractivity contribution < 1.29 is 9.53 Å². The number of hydrogen-bond donors (Lipinski definition) is 1. The van der Waals surface area contributed by atoms with Crippen LogP contribution in [0.4, 0.5) is 5.82 Å². The molecule has 0 atom stereocenters. The molecule has 0 unspecified atom stereocenters. The molecule has 0 fully saturated rings. The number of ether oxygens (including phenoxy) is 1. The number of unbranched alkanes of at least 4 members (excludes halogenated alkanes) is 1. The molecule has 1 aromatic carbocycles. The van der Waals surface area contributed by atoms with Crippen molar-refractivity contribution >= 4 is 11.7 Å². The molecular formula is C16H21N3O2. The molecule has 1 aromatic heterocycles.